The van der Waals surface area contributed by atoms with Crippen molar-refractivity contribution in [3.05, 3.63) is 30.3 Å². The molecule has 0 saturated carbocycles. The zero-order chi connectivity index (χ0) is 36.2. The molecule has 11 nitrogen and oxygen atoms in total. The maximum atomic E-state index is 13.7. The molecule has 47 heavy (non-hydrogen) atoms. The van der Waals surface area contributed by atoms with Crippen molar-refractivity contribution in [3.63, 3.8) is 0 Å². The monoisotopic (exact) mass is 727 g/mol. The van der Waals surface area contributed by atoms with E-state index in [9.17, 15) is 24.0 Å². The molecule has 1 aromatic carbocycles. The molecule has 0 bridgehead atoms. The molecular formula is C35H53NO10Se. The van der Waals surface area contributed by atoms with Crippen LogP contribution < -0.4 is 9.78 Å². The zero-order valence-corrected chi connectivity index (χ0v) is 31.8. The minimum absolute atomic E-state index is 0.160. The summed E-state index contributed by atoms with van der Waals surface area (Å²) in [6, 6.07) is 9.28. The molecule has 1 aromatic rings. The predicted octanol–water partition coefficient (Wildman–Crippen LogP) is 3.71. The molecule has 0 aliphatic carbocycles. The molecule has 1 N–H and O–H groups in total. The van der Waals surface area contributed by atoms with Crippen molar-refractivity contribution in [3.8, 4) is 0 Å². The predicted molar refractivity (Wildman–Crippen MR) is 177 cm³/mol. The summed E-state index contributed by atoms with van der Waals surface area (Å²) in [5.74, 6) is -2.83. The van der Waals surface area contributed by atoms with Gasteiger partial charge in [-0.2, -0.15) is 0 Å². The molecule has 264 valence electrons. The Bertz CT molecular complexity index is 1290. The number of amides is 1. The van der Waals surface area contributed by atoms with Gasteiger partial charge in [0.1, 0.15) is 0 Å². The van der Waals surface area contributed by atoms with Crippen molar-refractivity contribution in [1.29, 1.82) is 0 Å². The first-order valence-corrected chi connectivity index (χ1v) is 17.5. The van der Waals surface area contributed by atoms with Crippen molar-refractivity contribution in [1.82, 2.24) is 5.32 Å². The number of nitrogens with one attached hydrogen (secondary N) is 1. The Morgan fingerprint density at radius 1 is 0.702 bits per heavy atom. The van der Waals surface area contributed by atoms with E-state index >= 15 is 0 Å². The summed E-state index contributed by atoms with van der Waals surface area (Å²) < 4.78 is 30.4. The van der Waals surface area contributed by atoms with Crippen molar-refractivity contribution >= 4 is 49.2 Å². The minimum atomic E-state index is -1.52. The van der Waals surface area contributed by atoms with Gasteiger partial charge < -0.3 is 0 Å². The Morgan fingerprint density at radius 3 is 1.60 bits per heavy atom. The van der Waals surface area contributed by atoms with Crippen LogP contribution in [0.1, 0.15) is 90.0 Å². The number of ether oxygens (including phenoxy) is 5. The number of hydrogen-bond acceptors (Lipinski definition) is 10. The summed E-state index contributed by atoms with van der Waals surface area (Å²) in [6.45, 7) is 20.9. The number of hydrogen-bond donors (Lipinski definition) is 1. The van der Waals surface area contributed by atoms with Crippen LogP contribution in [0, 0.1) is 21.7 Å². The van der Waals surface area contributed by atoms with E-state index < -0.39 is 89.4 Å². The van der Waals surface area contributed by atoms with Crippen LogP contribution in [0.2, 0.25) is 0 Å². The molecule has 1 heterocycles. The third kappa shape index (κ3) is 11.3. The molecule has 1 aliphatic heterocycles. The fourth-order valence-corrected chi connectivity index (χ4v) is 6.79. The molecule has 0 unspecified atom stereocenters. The molecular weight excluding hydrogens is 673 g/mol. The Kier molecular flexibility index (Phi) is 12.9. The first-order valence-electron chi connectivity index (χ1n) is 15.7. The van der Waals surface area contributed by atoms with Gasteiger partial charge in [-0.3, -0.25) is 0 Å². The second kappa shape index (κ2) is 15.1. The number of esters is 4. The second-order valence-corrected chi connectivity index (χ2v) is 18.8. The van der Waals surface area contributed by atoms with Gasteiger partial charge in [-0.25, -0.2) is 0 Å². The summed E-state index contributed by atoms with van der Waals surface area (Å²) >= 11 is -0.725. The Balaban J connectivity index is 2.94. The van der Waals surface area contributed by atoms with Crippen LogP contribution in [-0.4, -0.2) is 86.8 Å². The zero-order valence-electron chi connectivity index (χ0n) is 30.1. The topological polar surface area (TPSA) is 144 Å². The normalized spacial score (nSPS) is 23.7. The van der Waals surface area contributed by atoms with E-state index in [4.69, 9.17) is 23.7 Å². The number of rotatable bonds is 9. The van der Waals surface area contributed by atoms with Crippen molar-refractivity contribution in [2.24, 2.45) is 21.7 Å². The van der Waals surface area contributed by atoms with Gasteiger partial charge in [-0.05, 0) is 0 Å². The molecule has 1 fully saturated rings. The first kappa shape index (κ1) is 40.2. The Morgan fingerprint density at radius 2 is 1.15 bits per heavy atom. The molecule has 1 saturated heterocycles. The molecule has 2 rings (SSSR count). The molecule has 0 spiro atoms. The van der Waals surface area contributed by atoms with Crippen LogP contribution in [0.25, 0.3) is 0 Å². The van der Waals surface area contributed by atoms with E-state index in [0.717, 1.165) is 4.46 Å². The van der Waals surface area contributed by atoms with Crippen LogP contribution in [0.4, 0.5) is 0 Å². The number of carbonyl (C=O) groups is 5. The summed E-state index contributed by atoms with van der Waals surface area (Å²) in [4.78, 5) is 66.1. The van der Waals surface area contributed by atoms with Crippen LogP contribution in [0.3, 0.4) is 0 Å². The summed E-state index contributed by atoms with van der Waals surface area (Å²) in [7, 11) is 0. The van der Waals surface area contributed by atoms with Crippen LogP contribution >= 0.6 is 0 Å². The van der Waals surface area contributed by atoms with Crippen molar-refractivity contribution < 1.29 is 47.7 Å². The summed E-state index contributed by atoms with van der Waals surface area (Å²) in [5.41, 5.74) is -3.85. The van der Waals surface area contributed by atoms with Gasteiger partial charge in [0.25, 0.3) is 0 Å². The summed E-state index contributed by atoms with van der Waals surface area (Å²) in [6.07, 6.45) is -5.32. The van der Waals surface area contributed by atoms with E-state index in [0.29, 0.717) is 0 Å². The van der Waals surface area contributed by atoms with Gasteiger partial charge in [0, 0.05) is 0 Å². The Labute approximate surface area is 285 Å². The number of carbonyl (C=O) groups excluding carboxylic acids is 5. The van der Waals surface area contributed by atoms with E-state index in [1.165, 1.54) is 6.92 Å². The summed E-state index contributed by atoms with van der Waals surface area (Å²) in [5, 5.41) is 2.82. The second-order valence-electron chi connectivity index (χ2n) is 16.0. The molecule has 5 atom stereocenters. The van der Waals surface area contributed by atoms with Crippen LogP contribution in [0.5, 0.6) is 0 Å². The van der Waals surface area contributed by atoms with E-state index in [1.54, 1.807) is 83.1 Å². The molecule has 0 radical (unpaired) electrons. The SMILES string of the molecule is CC(=O)NC[C@]1([Se]c2ccccc2)O[C@H](COC(=O)C(C)(C)C)[C@H](OC(=O)C(C)(C)C)[C@H](OC(=O)C(C)(C)C)[C@H]1OC(=O)C(C)(C)C. The van der Waals surface area contributed by atoms with Crippen molar-refractivity contribution in [2.75, 3.05) is 13.2 Å². The van der Waals surface area contributed by atoms with Crippen molar-refractivity contribution in [2.45, 2.75) is 119 Å². The van der Waals surface area contributed by atoms with E-state index in [-0.39, 0.29) is 19.1 Å². The van der Waals surface area contributed by atoms with Gasteiger partial charge in [0.15, 0.2) is 0 Å². The standard InChI is InChI=1S/C35H53NO10Se/c1-21(37)36-20-35(47-22-17-15-14-16-18-22)26(45-30(41)34(11,12)13)25(44-29(40)33(8,9)10)24(43-28(39)32(5,6)7)23(46-35)19-42-27(38)31(2,3)4/h14-18,23-26H,19-20H2,1-13H3,(H,36,37)/t23-,24+,25+,26-,35-/m1/s1. The van der Waals surface area contributed by atoms with Gasteiger partial charge in [0.2, 0.25) is 0 Å². The van der Waals surface area contributed by atoms with Gasteiger partial charge in [-0.15, -0.1) is 0 Å². The fourth-order valence-electron chi connectivity index (χ4n) is 4.05. The third-order valence-corrected chi connectivity index (χ3v) is 9.72. The Hall–Kier alpha value is -2.95. The quantitative estimate of drug-likeness (QED) is 0.227. The average molecular weight is 727 g/mol. The van der Waals surface area contributed by atoms with Crippen LogP contribution in [0.15, 0.2) is 30.3 Å². The van der Waals surface area contributed by atoms with Gasteiger partial charge in [0.05, 0.1) is 0 Å². The molecule has 1 aliphatic rings. The first-order chi connectivity index (χ1) is 21.3. The third-order valence-electron chi connectivity index (χ3n) is 6.94. The fraction of sp³-hybridized carbons (Fsp3) is 0.686. The number of benzene rings is 1. The van der Waals surface area contributed by atoms with Crippen LogP contribution in [-0.2, 0) is 47.7 Å². The van der Waals surface area contributed by atoms with E-state index in [2.05, 4.69) is 5.32 Å². The molecule has 1 amide bonds. The molecule has 0 aromatic heterocycles. The van der Waals surface area contributed by atoms with Gasteiger partial charge >= 0.3 is 286 Å². The maximum absolute atomic E-state index is 13.7. The van der Waals surface area contributed by atoms with E-state index in [1.807, 2.05) is 30.3 Å². The average Bonchev–Trinajstić information content (AvgIpc) is 2.92. The van der Waals surface area contributed by atoms with Gasteiger partial charge in [-0.1, -0.05) is 0 Å². The molecule has 12 heteroatoms.